The molecule has 1 saturated heterocycles. The van der Waals surface area contributed by atoms with Gasteiger partial charge in [0.25, 0.3) is 15.9 Å². The Labute approximate surface area is 196 Å². The van der Waals surface area contributed by atoms with E-state index in [1.807, 2.05) is 43.3 Å². The lowest BCUT2D eigenvalue weighted by atomic mass is 10.2. The summed E-state index contributed by atoms with van der Waals surface area (Å²) >= 11 is 1.21. The summed E-state index contributed by atoms with van der Waals surface area (Å²) in [4.78, 5) is 18.2. The van der Waals surface area contributed by atoms with Crippen LogP contribution in [0.3, 0.4) is 0 Å². The third-order valence-electron chi connectivity index (χ3n) is 5.82. The van der Waals surface area contributed by atoms with Crippen LogP contribution in [0.2, 0.25) is 0 Å². The predicted molar refractivity (Wildman–Crippen MR) is 129 cm³/mol. The highest BCUT2D eigenvalue weighted by Crippen LogP contribution is 2.27. The molecule has 0 radical (unpaired) electrons. The number of hydrogen-bond acceptors (Lipinski definition) is 5. The fourth-order valence-electron chi connectivity index (χ4n) is 4.16. The molecule has 9 heteroatoms. The van der Waals surface area contributed by atoms with E-state index in [0.717, 1.165) is 40.3 Å². The van der Waals surface area contributed by atoms with Crippen LogP contribution in [0, 0.1) is 6.92 Å². The van der Waals surface area contributed by atoms with Gasteiger partial charge in [0.15, 0.2) is 0 Å². The fraction of sp³-hybridized carbons (Fsp3) is 0.250. The standard InChI is InChI=1S/C24H24N4O3S2/c1-17-26-21-15-18(9-11-22(21)28(17)19-7-3-2-4-8-19)24(29)25-16-20-10-12-23(32-20)33(30,31)27-13-5-6-14-27/h2-4,7-12,15H,5-6,13-14,16H2,1H3,(H,25,29). The molecular formula is C24H24N4O3S2. The summed E-state index contributed by atoms with van der Waals surface area (Å²) in [6.07, 6.45) is 1.81. The molecule has 1 amide bonds. The Morgan fingerprint density at radius 1 is 1.06 bits per heavy atom. The second kappa shape index (κ2) is 8.74. The summed E-state index contributed by atoms with van der Waals surface area (Å²) in [5.74, 6) is 0.625. The summed E-state index contributed by atoms with van der Waals surface area (Å²) in [6.45, 7) is 3.37. The first-order chi connectivity index (χ1) is 15.9. The molecular weight excluding hydrogens is 456 g/mol. The van der Waals surface area contributed by atoms with Crippen LogP contribution in [0.15, 0.2) is 64.9 Å². The number of nitrogens with one attached hydrogen (secondary N) is 1. The van der Waals surface area contributed by atoms with Crippen molar-refractivity contribution >= 4 is 38.3 Å². The third-order valence-corrected chi connectivity index (χ3v) is 9.27. The maximum Gasteiger partial charge on any atom is 0.252 e. The van der Waals surface area contributed by atoms with Gasteiger partial charge in [0.2, 0.25) is 0 Å². The Hall–Kier alpha value is -3.01. The third kappa shape index (κ3) is 4.19. The first-order valence-electron chi connectivity index (χ1n) is 10.8. The minimum absolute atomic E-state index is 0.221. The van der Waals surface area contributed by atoms with E-state index in [0.29, 0.717) is 22.9 Å². The molecule has 0 spiro atoms. The van der Waals surface area contributed by atoms with Gasteiger partial charge in [-0.1, -0.05) is 18.2 Å². The van der Waals surface area contributed by atoms with Crippen LogP contribution in [0.1, 0.15) is 33.9 Å². The van der Waals surface area contributed by atoms with Gasteiger partial charge < -0.3 is 5.32 Å². The number of carbonyl (C=O) groups is 1. The molecule has 170 valence electrons. The summed E-state index contributed by atoms with van der Waals surface area (Å²) < 4.78 is 29.3. The largest absolute Gasteiger partial charge is 0.347 e. The van der Waals surface area contributed by atoms with Crippen molar-refractivity contribution in [2.24, 2.45) is 0 Å². The van der Waals surface area contributed by atoms with E-state index in [2.05, 4.69) is 14.9 Å². The minimum atomic E-state index is -3.43. The number of imidazole rings is 1. The summed E-state index contributed by atoms with van der Waals surface area (Å²) in [6, 6.07) is 18.9. The molecule has 0 saturated carbocycles. The molecule has 1 aliphatic heterocycles. The smallest absolute Gasteiger partial charge is 0.252 e. The number of sulfonamides is 1. The SMILES string of the molecule is Cc1nc2cc(C(=O)NCc3ccc(S(=O)(=O)N4CCCC4)s3)ccc2n1-c1ccccc1. The van der Waals surface area contributed by atoms with Crippen molar-refractivity contribution in [2.45, 2.75) is 30.5 Å². The lowest BCUT2D eigenvalue weighted by Crippen LogP contribution is -2.27. The average molecular weight is 481 g/mol. The second-order valence-corrected chi connectivity index (χ2v) is 11.4. The molecule has 1 N–H and O–H groups in total. The van der Waals surface area contributed by atoms with Crippen molar-refractivity contribution in [3.63, 3.8) is 0 Å². The number of rotatable bonds is 6. The molecule has 3 heterocycles. The Bertz CT molecular complexity index is 1420. The highest BCUT2D eigenvalue weighted by Gasteiger charge is 2.28. The number of amides is 1. The van der Waals surface area contributed by atoms with E-state index in [9.17, 15) is 13.2 Å². The number of aryl methyl sites for hydroxylation is 1. The maximum absolute atomic E-state index is 12.8. The van der Waals surface area contributed by atoms with Crippen LogP contribution >= 0.6 is 11.3 Å². The summed E-state index contributed by atoms with van der Waals surface area (Å²) in [7, 11) is -3.43. The number of aromatic nitrogens is 2. The number of benzene rings is 2. The van der Waals surface area contributed by atoms with Crippen molar-refractivity contribution in [1.29, 1.82) is 0 Å². The molecule has 0 aliphatic carbocycles. The molecule has 7 nitrogen and oxygen atoms in total. The Morgan fingerprint density at radius 3 is 2.58 bits per heavy atom. The first-order valence-corrected chi connectivity index (χ1v) is 13.1. The topological polar surface area (TPSA) is 84.3 Å². The molecule has 2 aromatic carbocycles. The number of hydrogen-bond donors (Lipinski definition) is 1. The van der Waals surface area contributed by atoms with Gasteiger partial charge in [0.05, 0.1) is 17.6 Å². The zero-order valence-corrected chi connectivity index (χ0v) is 19.8. The van der Waals surface area contributed by atoms with Gasteiger partial charge in [-0.05, 0) is 62.2 Å². The number of nitrogens with zero attached hydrogens (tertiary/aromatic N) is 3. The van der Waals surface area contributed by atoms with Gasteiger partial charge in [0.1, 0.15) is 10.0 Å². The van der Waals surface area contributed by atoms with Gasteiger partial charge in [-0.15, -0.1) is 11.3 Å². The van der Waals surface area contributed by atoms with Gasteiger partial charge in [-0.25, -0.2) is 13.4 Å². The van der Waals surface area contributed by atoms with E-state index in [1.165, 1.54) is 15.6 Å². The monoisotopic (exact) mass is 480 g/mol. The van der Waals surface area contributed by atoms with Crippen molar-refractivity contribution in [3.8, 4) is 5.69 Å². The molecule has 1 aliphatic rings. The van der Waals surface area contributed by atoms with E-state index in [1.54, 1.807) is 24.3 Å². The Morgan fingerprint density at radius 2 is 1.82 bits per heavy atom. The summed E-state index contributed by atoms with van der Waals surface area (Å²) in [5.41, 5.74) is 3.22. The van der Waals surface area contributed by atoms with Gasteiger partial charge in [-0.3, -0.25) is 9.36 Å². The van der Waals surface area contributed by atoms with Crippen LogP contribution in [-0.2, 0) is 16.6 Å². The normalized spacial score (nSPS) is 14.7. The second-order valence-electron chi connectivity index (χ2n) is 8.05. The quantitative estimate of drug-likeness (QED) is 0.450. The van der Waals surface area contributed by atoms with E-state index in [-0.39, 0.29) is 12.5 Å². The summed E-state index contributed by atoms with van der Waals surface area (Å²) in [5, 5.41) is 2.90. The zero-order valence-electron chi connectivity index (χ0n) is 18.2. The van der Waals surface area contributed by atoms with Crippen molar-refractivity contribution in [3.05, 3.63) is 76.9 Å². The maximum atomic E-state index is 12.8. The van der Waals surface area contributed by atoms with Crippen molar-refractivity contribution in [1.82, 2.24) is 19.2 Å². The number of carbonyl (C=O) groups excluding carboxylic acids is 1. The van der Waals surface area contributed by atoms with Crippen molar-refractivity contribution in [2.75, 3.05) is 13.1 Å². The highest BCUT2D eigenvalue weighted by molar-refractivity contribution is 7.91. The first kappa shape index (κ1) is 21.8. The number of thiophene rings is 1. The Balaban J connectivity index is 1.31. The lowest BCUT2D eigenvalue weighted by Gasteiger charge is -2.13. The molecule has 2 aromatic heterocycles. The minimum Gasteiger partial charge on any atom is -0.347 e. The predicted octanol–water partition coefficient (Wildman–Crippen LogP) is 4.11. The lowest BCUT2D eigenvalue weighted by molar-refractivity contribution is 0.0951. The molecule has 1 fully saturated rings. The van der Waals surface area contributed by atoms with Gasteiger partial charge in [-0.2, -0.15) is 4.31 Å². The molecule has 4 aromatic rings. The van der Waals surface area contributed by atoms with Crippen LogP contribution in [0.4, 0.5) is 0 Å². The van der Waals surface area contributed by atoms with Crippen LogP contribution in [-0.4, -0.2) is 41.3 Å². The van der Waals surface area contributed by atoms with E-state index in [4.69, 9.17) is 0 Å². The Kier molecular flexibility index (Phi) is 5.77. The molecule has 0 bridgehead atoms. The van der Waals surface area contributed by atoms with Crippen LogP contribution in [0.5, 0.6) is 0 Å². The van der Waals surface area contributed by atoms with Crippen molar-refractivity contribution < 1.29 is 13.2 Å². The number of para-hydroxylation sites is 1. The van der Waals surface area contributed by atoms with E-state index >= 15 is 0 Å². The van der Waals surface area contributed by atoms with Crippen LogP contribution < -0.4 is 5.32 Å². The van der Waals surface area contributed by atoms with E-state index < -0.39 is 10.0 Å². The average Bonchev–Trinajstić information content (AvgIpc) is 3.57. The highest BCUT2D eigenvalue weighted by atomic mass is 32.2. The van der Waals surface area contributed by atoms with Gasteiger partial charge in [0, 0.05) is 29.2 Å². The number of fused-ring (bicyclic) bond motifs is 1. The molecule has 5 rings (SSSR count). The molecule has 33 heavy (non-hydrogen) atoms. The molecule has 0 atom stereocenters. The van der Waals surface area contributed by atoms with Gasteiger partial charge >= 0.3 is 0 Å². The fourth-order valence-corrected chi connectivity index (χ4v) is 7.13. The molecule has 0 unspecified atom stereocenters. The van der Waals surface area contributed by atoms with Crippen LogP contribution in [0.25, 0.3) is 16.7 Å². The zero-order chi connectivity index (χ0) is 23.0.